The maximum absolute atomic E-state index is 13.5. The molecular weight excluding hydrogens is 360 g/mol. The molecule has 0 aromatic heterocycles. The lowest BCUT2D eigenvalue weighted by Crippen LogP contribution is -2.42. The minimum absolute atomic E-state index is 0.0408. The summed E-state index contributed by atoms with van der Waals surface area (Å²) >= 11 is 0. The Bertz CT molecular complexity index is 621. The lowest BCUT2D eigenvalue weighted by Gasteiger charge is -2.37. The summed E-state index contributed by atoms with van der Waals surface area (Å²) in [7, 11) is -2.53. The van der Waals surface area contributed by atoms with Crippen molar-refractivity contribution in [3.63, 3.8) is 0 Å². The normalized spacial score (nSPS) is 23.3. The van der Waals surface area contributed by atoms with Crippen LogP contribution in [0.2, 0.25) is 25.7 Å². The Morgan fingerprint density at radius 1 is 1.19 bits per heavy atom. The van der Waals surface area contributed by atoms with Crippen LogP contribution in [0.5, 0.6) is 0 Å². The standard InChI is InChI=1S/C21H34O3SSi/c1-6-24-21(22)19-10-8-7-9-18(19)20(15-26(3,4)5)25(23)17-13-11-16(2)12-14-17/h11-14,18-20H,6-10,15H2,1-5H3/t18-,19-,20?,25-/m0/s1. The van der Waals surface area contributed by atoms with Gasteiger partial charge in [-0.3, -0.25) is 9.00 Å². The van der Waals surface area contributed by atoms with Gasteiger partial charge in [0.15, 0.2) is 0 Å². The molecule has 1 saturated carbocycles. The van der Waals surface area contributed by atoms with E-state index in [9.17, 15) is 9.00 Å². The first-order chi connectivity index (χ1) is 12.2. The van der Waals surface area contributed by atoms with Crippen molar-refractivity contribution >= 4 is 24.8 Å². The molecule has 0 radical (unpaired) electrons. The average Bonchev–Trinajstić information content (AvgIpc) is 2.59. The Morgan fingerprint density at radius 2 is 1.81 bits per heavy atom. The molecule has 5 heteroatoms. The summed E-state index contributed by atoms with van der Waals surface area (Å²) in [5, 5.41) is 0.0408. The fraction of sp³-hybridized carbons (Fsp3) is 0.667. The molecule has 0 heterocycles. The first kappa shape index (κ1) is 21.4. The molecule has 0 saturated heterocycles. The Hall–Kier alpha value is -0.943. The maximum Gasteiger partial charge on any atom is 0.309 e. The highest BCUT2D eigenvalue weighted by Crippen LogP contribution is 2.39. The van der Waals surface area contributed by atoms with Crippen LogP contribution < -0.4 is 0 Å². The average molecular weight is 395 g/mol. The van der Waals surface area contributed by atoms with Gasteiger partial charge in [0.05, 0.1) is 23.3 Å². The van der Waals surface area contributed by atoms with Gasteiger partial charge in [-0.25, -0.2) is 0 Å². The van der Waals surface area contributed by atoms with E-state index in [1.54, 1.807) is 0 Å². The summed E-state index contributed by atoms with van der Waals surface area (Å²) in [4.78, 5) is 13.5. The Labute approximate surface area is 162 Å². The first-order valence-corrected chi connectivity index (χ1v) is 14.8. The zero-order chi connectivity index (χ0) is 19.3. The summed E-state index contributed by atoms with van der Waals surface area (Å²) in [6, 6.07) is 9.02. The van der Waals surface area contributed by atoms with Crippen LogP contribution in [0.25, 0.3) is 0 Å². The summed E-state index contributed by atoms with van der Waals surface area (Å²) < 4.78 is 18.9. The van der Waals surface area contributed by atoms with Crippen LogP contribution >= 0.6 is 0 Å². The van der Waals surface area contributed by atoms with Crippen molar-refractivity contribution in [2.75, 3.05) is 6.61 Å². The van der Waals surface area contributed by atoms with Crippen molar-refractivity contribution in [1.29, 1.82) is 0 Å². The topological polar surface area (TPSA) is 43.4 Å². The Balaban J connectivity index is 2.33. The largest absolute Gasteiger partial charge is 0.466 e. The van der Waals surface area contributed by atoms with Gasteiger partial charge in [0.1, 0.15) is 0 Å². The van der Waals surface area contributed by atoms with E-state index in [0.29, 0.717) is 6.61 Å². The second-order valence-electron chi connectivity index (χ2n) is 8.72. The summed E-state index contributed by atoms with van der Waals surface area (Å²) in [6.07, 6.45) is 4.04. The van der Waals surface area contributed by atoms with Gasteiger partial charge in [0.25, 0.3) is 0 Å². The molecule has 146 valence electrons. The predicted molar refractivity (Wildman–Crippen MR) is 112 cm³/mol. The number of hydrogen-bond donors (Lipinski definition) is 0. The zero-order valence-electron chi connectivity index (χ0n) is 16.9. The Morgan fingerprint density at radius 3 is 2.38 bits per heavy atom. The van der Waals surface area contributed by atoms with Crippen molar-refractivity contribution in [1.82, 2.24) is 0 Å². The minimum Gasteiger partial charge on any atom is -0.466 e. The van der Waals surface area contributed by atoms with Gasteiger partial charge in [-0.05, 0) is 50.8 Å². The monoisotopic (exact) mass is 394 g/mol. The van der Waals surface area contributed by atoms with Crippen molar-refractivity contribution in [2.24, 2.45) is 11.8 Å². The van der Waals surface area contributed by atoms with Crippen LogP contribution in [0.1, 0.15) is 38.2 Å². The molecule has 1 aliphatic rings. The van der Waals surface area contributed by atoms with E-state index in [1.165, 1.54) is 5.56 Å². The first-order valence-electron chi connectivity index (χ1n) is 9.87. The molecule has 1 aromatic rings. The van der Waals surface area contributed by atoms with E-state index in [1.807, 2.05) is 38.1 Å². The van der Waals surface area contributed by atoms with Gasteiger partial charge >= 0.3 is 5.97 Å². The number of esters is 1. The quantitative estimate of drug-likeness (QED) is 0.473. The lowest BCUT2D eigenvalue weighted by atomic mass is 9.77. The highest BCUT2D eigenvalue weighted by molar-refractivity contribution is 7.85. The molecule has 1 aromatic carbocycles. The van der Waals surface area contributed by atoms with Crippen molar-refractivity contribution < 1.29 is 13.7 Å². The van der Waals surface area contributed by atoms with E-state index in [4.69, 9.17) is 4.74 Å². The third-order valence-electron chi connectivity index (χ3n) is 5.23. The van der Waals surface area contributed by atoms with E-state index in [0.717, 1.165) is 36.6 Å². The molecule has 1 aliphatic carbocycles. The fourth-order valence-corrected chi connectivity index (χ4v) is 9.00. The molecule has 0 amide bonds. The van der Waals surface area contributed by atoms with E-state index < -0.39 is 18.9 Å². The third-order valence-corrected chi connectivity index (χ3v) is 8.99. The lowest BCUT2D eigenvalue weighted by molar-refractivity contribution is -0.151. The molecule has 2 rings (SSSR count). The molecule has 26 heavy (non-hydrogen) atoms. The van der Waals surface area contributed by atoms with Crippen LogP contribution in [-0.2, 0) is 20.3 Å². The number of ether oxygens (including phenoxy) is 1. The molecule has 0 N–H and O–H groups in total. The van der Waals surface area contributed by atoms with Gasteiger partial charge in [0.2, 0.25) is 0 Å². The second kappa shape index (κ2) is 9.31. The van der Waals surface area contributed by atoms with Gasteiger partial charge in [-0.1, -0.05) is 50.2 Å². The Kier molecular flexibility index (Phi) is 7.65. The molecule has 0 aliphatic heterocycles. The number of benzene rings is 1. The smallest absolute Gasteiger partial charge is 0.309 e. The number of aryl methyl sites for hydroxylation is 1. The van der Waals surface area contributed by atoms with Gasteiger partial charge < -0.3 is 4.74 Å². The van der Waals surface area contributed by atoms with Crippen LogP contribution in [0.15, 0.2) is 29.2 Å². The maximum atomic E-state index is 13.5. The molecule has 1 unspecified atom stereocenters. The molecular formula is C21H34O3SSi. The summed E-state index contributed by atoms with van der Waals surface area (Å²) in [6.45, 7) is 11.3. The van der Waals surface area contributed by atoms with Gasteiger partial charge in [-0.15, -0.1) is 0 Å². The predicted octanol–water partition coefficient (Wildman–Crippen LogP) is 5.18. The van der Waals surface area contributed by atoms with E-state index >= 15 is 0 Å². The molecule has 1 fully saturated rings. The van der Waals surface area contributed by atoms with Crippen LogP contribution in [0, 0.1) is 18.8 Å². The molecule has 0 bridgehead atoms. The number of carbonyl (C=O) groups excluding carboxylic acids is 1. The molecule has 0 spiro atoms. The third kappa shape index (κ3) is 5.78. The fourth-order valence-electron chi connectivity index (χ4n) is 3.98. The van der Waals surface area contributed by atoms with E-state index in [2.05, 4.69) is 19.6 Å². The van der Waals surface area contributed by atoms with Crippen molar-refractivity contribution in [3.8, 4) is 0 Å². The zero-order valence-corrected chi connectivity index (χ0v) is 18.7. The van der Waals surface area contributed by atoms with Crippen molar-refractivity contribution in [2.45, 2.75) is 75.4 Å². The number of rotatable bonds is 7. The minimum atomic E-state index is -1.44. The molecule has 3 nitrogen and oxygen atoms in total. The highest BCUT2D eigenvalue weighted by Gasteiger charge is 2.41. The second-order valence-corrected chi connectivity index (χ2v) is 15.9. The summed E-state index contributed by atoms with van der Waals surface area (Å²) in [5.41, 5.74) is 1.18. The van der Waals surface area contributed by atoms with Gasteiger partial charge in [0, 0.05) is 18.2 Å². The van der Waals surface area contributed by atoms with Crippen molar-refractivity contribution in [3.05, 3.63) is 29.8 Å². The van der Waals surface area contributed by atoms with Crippen LogP contribution in [-0.4, -0.2) is 30.1 Å². The SMILES string of the molecule is CCOC(=O)[C@H]1CCCC[C@@H]1C(C[Si](C)(C)C)[S@@](=O)c1ccc(C)cc1. The number of carbonyl (C=O) groups is 1. The van der Waals surface area contributed by atoms with Crippen LogP contribution in [0.3, 0.4) is 0 Å². The van der Waals surface area contributed by atoms with Crippen LogP contribution in [0.4, 0.5) is 0 Å². The number of hydrogen-bond acceptors (Lipinski definition) is 3. The molecule has 4 atom stereocenters. The van der Waals surface area contributed by atoms with E-state index in [-0.39, 0.29) is 23.1 Å². The van der Waals surface area contributed by atoms with Gasteiger partial charge in [-0.2, -0.15) is 0 Å². The summed E-state index contributed by atoms with van der Waals surface area (Å²) in [5.74, 6) is -0.0187. The highest BCUT2D eigenvalue weighted by atomic mass is 32.2.